The summed E-state index contributed by atoms with van der Waals surface area (Å²) in [5, 5.41) is 13.0. The van der Waals surface area contributed by atoms with Gasteiger partial charge in [-0.15, -0.1) is 11.3 Å². The zero-order valence-corrected chi connectivity index (χ0v) is 33.9. The van der Waals surface area contributed by atoms with E-state index >= 15 is 0 Å². The second-order valence-corrected chi connectivity index (χ2v) is 17.0. The van der Waals surface area contributed by atoms with Crippen molar-refractivity contribution in [1.29, 1.82) is 0 Å². The molecule has 7 rings (SSSR count). The van der Waals surface area contributed by atoms with Crippen molar-refractivity contribution in [3.63, 3.8) is 0 Å². The van der Waals surface area contributed by atoms with Crippen LogP contribution < -0.4 is 30.7 Å². The summed E-state index contributed by atoms with van der Waals surface area (Å²) in [6, 6.07) is 31.8. The number of rotatable bonds is 10. The van der Waals surface area contributed by atoms with Crippen molar-refractivity contribution in [2.75, 3.05) is 12.9 Å². The van der Waals surface area contributed by atoms with E-state index in [-0.39, 0.29) is 25.7 Å². The third-order valence-electron chi connectivity index (χ3n) is 9.62. The molecule has 2 bridgehead atoms. The Balaban J connectivity index is 1.35. The fourth-order valence-electron chi connectivity index (χ4n) is 6.59. The standard InChI is InChI=1S/C44H45N5O8S2/c1-59(55,56)49-44(54)38-26-31-16-21-34(22-17-31)57-28-40(50)45-39(27-35-13-8-24-58-35)43(53)47-37(25-30-14-19-33(20-15-30)32-11-6-3-7-12-32)42(52)46-36(41(51)48-38)23-18-29-9-4-2-5-10-29/h2-17,19-22,24,36-39H,18,23,25-28H2,1H3,(H,45,50)(H,46,52)(H,47,53)(H,48,51)(H,49,54)/t36-,37+,38-,39-/m0/s1. The maximum Gasteiger partial charge on any atom is 0.258 e. The van der Waals surface area contributed by atoms with E-state index in [9.17, 15) is 32.4 Å². The number of carbonyl (C=O) groups excluding carboxylic acids is 5. The van der Waals surface area contributed by atoms with E-state index in [0.717, 1.165) is 27.8 Å². The third-order valence-corrected chi connectivity index (χ3v) is 11.1. The summed E-state index contributed by atoms with van der Waals surface area (Å²) in [7, 11) is -4.01. The van der Waals surface area contributed by atoms with Crippen molar-refractivity contribution < 1.29 is 37.1 Å². The summed E-state index contributed by atoms with van der Waals surface area (Å²) in [5.74, 6) is -3.28. The van der Waals surface area contributed by atoms with Gasteiger partial charge in [-0.05, 0) is 64.2 Å². The quantitative estimate of drug-likeness (QED) is 0.132. The molecular formula is C44H45N5O8S2. The Labute approximate surface area is 347 Å². The van der Waals surface area contributed by atoms with Crippen LogP contribution in [-0.4, -0.2) is 75.0 Å². The number of amides is 5. The molecule has 4 atom stereocenters. The van der Waals surface area contributed by atoms with Gasteiger partial charge in [-0.3, -0.25) is 28.7 Å². The van der Waals surface area contributed by atoms with Gasteiger partial charge in [0.15, 0.2) is 6.61 Å². The van der Waals surface area contributed by atoms with Crippen LogP contribution in [0.15, 0.2) is 127 Å². The first-order chi connectivity index (χ1) is 28.4. The SMILES string of the molecule is CS(=O)(=O)NC(=O)[C@@H]1Cc2ccc(cc2)OCC(=O)N[C@@H](Cc2cccs2)C(=O)N[C@H](Cc2ccc(-c3ccccc3)cc2)C(=O)N[C@@H](CCc2ccccc2)C(=O)N1. The molecule has 4 aromatic carbocycles. The van der Waals surface area contributed by atoms with E-state index in [1.165, 1.54) is 11.3 Å². The van der Waals surface area contributed by atoms with Crippen LogP contribution in [0, 0.1) is 0 Å². The molecule has 0 fully saturated rings. The van der Waals surface area contributed by atoms with Gasteiger partial charge >= 0.3 is 0 Å². The molecule has 0 saturated carbocycles. The topological polar surface area (TPSA) is 189 Å². The minimum Gasteiger partial charge on any atom is -0.484 e. The Kier molecular flexibility index (Phi) is 14.3. The minimum absolute atomic E-state index is 0.0236. The van der Waals surface area contributed by atoms with Crippen LogP contribution in [0.25, 0.3) is 11.1 Å². The molecule has 5 amide bonds. The minimum atomic E-state index is -4.01. The number of ether oxygens (including phenoxy) is 1. The summed E-state index contributed by atoms with van der Waals surface area (Å²) in [6.07, 6.45) is 1.33. The lowest BCUT2D eigenvalue weighted by Crippen LogP contribution is -2.59. The van der Waals surface area contributed by atoms with Crippen LogP contribution in [0.1, 0.15) is 28.0 Å². The first-order valence-electron chi connectivity index (χ1n) is 19.0. The molecule has 59 heavy (non-hydrogen) atoms. The summed E-state index contributed by atoms with van der Waals surface area (Å²) >= 11 is 1.42. The van der Waals surface area contributed by atoms with E-state index in [2.05, 4.69) is 21.3 Å². The van der Waals surface area contributed by atoms with Gasteiger partial charge in [0.2, 0.25) is 27.7 Å². The lowest BCUT2D eigenvalue weighted by Gasteiger charge is -2.27. The maximum atomic E-state index is 14.5. The van der Waals surface area contributed by atoms with Gasteiger partial charge in [-0.1, -0.05) is 103 Å². The van der Waals surface area contributed by atoms with Crippen LogP contribution in [0.4, 0.5) is 0 Å². The Morgan fingerprint density at radius 1 is 0.678 bits per heavy atom. The van der Waals surface area contributed by atoms with Crippen molar-refractivity contribution >= 4 is 50.9 Å². The van der Waals surface area contributed by atoms with Crippen molar-refractivity contribution in [3.8, 4) is 16.9 Å². The molecule has 2 aliphatic heterocycles. The van der Waals surface area contributed by atoms with Crippen molar-refractivity contribution in [3.05, 3.63) is 148 Å². The number of hydrogen-bond donors (Lipinski definition) is 5. The van der Waals surface area contributed by atoms with Crippen LogP contribution >= 0.6 is 11.3 Å². The molecule has 0 aliphatic carbocycles. The van der Waals surface area contributed by atoms with Crippen molar-refractivity contribution in [2.45, 2.75) is 56.3 Å². The Bertz CT molecular complexity index is 2320. The fraction of sp³-hybridized carbons (Fsp3) is 0.250. The molecule has 0 unspecified atom stereocenters. The Hall–Kier alpha value is -6.32. The molecule has 5 N–H and O–H groups in total. The molecule has 13 nitrogen and oxygen atoms in total. The average molecular weight is 836 g/mol. The van der Waals surface area contributed by atoms with E-state index in [1.54, 1.807) is 24.3 Å². The number of hydrogen-bond acceptors (Lipinski definition) is 9. The summed E-state index contributed by atoms with van der Waals surface area (Å²) in [4.78, 5) is 70.3. The number of nitrogens with one attached hydrogen (secondary N) is 5. The highest BCUT2D eigenvalue weighted by Gasteiger charge is 2.33. The lowest BCUT2D eigenvalue weighted by molar-refractivity contribution is -0.134. The monoisotopic (exact) mass is 835 g/mol. The zero-order chi connectivity index (χ0) is 41.8. The van der Waals surface area contributed by atoms with Gasteiger partial charge in [-0.25, -0.2) is 8.42 Å². The van der Waals surface area contributed by atoms with Crippen LogP contribution in [0.5, 0.6) is 5.75 Å². The van der Waals surface area contributed by atoms with E-state index < -0.39 is 70.3 Å². The fourth-order valence-corrected chi connectivity index (χ4v) is 7.85. The van der Waals surface area contributed by atoms with Crippen LogP contribution in [0.2, 0.25) is 0 Å². The molecular weight excluding hydrogens is 791 g/mol. The highest BCUT2D eigenvalue weighted by Crippen LogP contribution is 2.21. The van der Waals surface area contributed by atoms with E-state index in [4.69, 9.17) is 4.74 Å². The summed E-state index contributed by atoms with van der Waals surface area (Å²) in [5.41, 5.74) is 4.09. The van der Waals surface area contributed by atoms with E-state index in [1.807, 2.05) is 107 Å². The second-order valence-electron chi connectivity index (χ2n) is 14.3. The van der Waals surface area contributed by atoms with Gasteiger partial charge < -0.3 is 26.0 Å². The number of aryl methyl sites for hydroxylation is 1. The largest absolute Gasteiger partial charge is 0.484 e. The normalized spacial score (nSPS) is 19.4. The summed E-state index contributed by atoms with van der Waals surface area (Å²) in [6.45, 7) is -0.427. The lowest BCUT2D eigenvalue weighted by atomic mass is 9.99. The van der Waals surface area contributed by atoms with Gasteiger partial charge in [0, 0.05) is 24.1 Å². The predicted molar refractivity (Wildman–Crippen MR) is 225 cm³/mol. The van der Waals surface area contributed by atoms with Gasteiger partial charge in [0.1, 0.15) is 29.9 Å². The maximum absolute atomic E-state index is 14.5. The second kappa shape index (κ2) is 19.9. The molecule has 0 radical (unpaired) electrons. The van der Waals surface area contributed by atoms with E-state index in [0.29, 0.717) is 23.3 Å². The first-order valence-corrected chi connectivity index (χ1v) is 21.8. The highest BCUT2D eigenvalue weighted by atomic mass is 32.2. The predicted octanol–water partition coefficient (Wildman–Crippen LogP) is 3.48. The van der Waals surface area contributed by atoms with Gasteiger partial charge in [0.05, 0.1) is 6.26 Å². The zero-order valence-electron chi connectivity index (χ0n) is 32.3. The number of thiophene rings is 1. The molecule has 2 aliphatic rings. The first kappa shape index (κ1) is 42.3. The smallest absolute Gasteiger partial charge is 0.258 e. The number of fused-ring (bicyclic) bond motifs is 16. The molecule has 5 aromatic rings. The van der Waals surface area contributed by atoms with Gasteiger partial charge in [0.25, 0.3) is 11.8 Å². The average Bonchev–Trinajstić information content (AvgIpc) is 3.74. The Morgan fingerprint density at radius 2 is 1.29 bits per heavy atom. The molecule has 3 heterocycles. The highest BCUT2D eigenvalue weighted by molar-refractivity contribution is 7.89. The van der Waals surface area contributed by atoms with Gasteiger partial charge in [-0.2, -0.15) is 0 Å². The molecule has 0 saturated heterocycles. The molecule has 1 aromatic heterocycles. The molecule has 306 valence electrons. The van der Waals surface area contributed by atoms with Crippen molar-refractivity contribution in [2.24, 2.45) is 0 Å². The van der Waals surface area contributed by atoms with Crippen molar-refractivity contribution in [1.82, 2.24) is 26.0 Å². The third kappa shape index (κ3) is 12.8. The molecule has 15 heteroatoms. The number of carbonyl (C=O) groups is 5. The Morgan fingerprint density at radius 3 is 1.93 bits per heavy atom. The van der Waals surface area contributed by atoms with Crippen LogP contribution in [-0.2, 0) is 59.7 Å². The van der Waals surface area contributed by atoms with Crippen LogP contribution in [0.3, 0.4) is 0 Å². The summed E-state index contributed by atoms with van der Waals surface area (Å²) < 4.78 is 31.9. The molecule has 0 spiro atoms. The number of sulfonamides is 1. The number of benzene rings is 4.